The van der Waals surface area contributed by atoms with E-state index in [0.29, 0.717) is 6.54 Å². The van der Waals surface area contributed by atoms with E-state index in [1.165, 1.54) is 0 Å². The molecule has 0 aromatic carbocycles. The lowest BCUT2D eigenvalue weighted by molar-refractivity contribution is 0.0474. The highest BCUT2D eigenvalue weighted by molar-refractivity contribution is 5.66. The Morgan fingerprint density at radius 3 is 2.25 bits per heavy atom. The molecule has 0 aliphatic rings. The van der Waals surface area contributed by atoms with Crippen molar-refractivity contribution in [1.82, 2.24) is 10.9 Å². The van der Waals surface area contributed by atoms with Crippen LogP contribution in [0.2, 0.25) is 0 Å². The predicted octanol–water partition coefficient (Wildman–Crippen LogP) is 1.42. The summed E-state index contributed by atoms with van der Waals surface area (Å²) < 4.78 is 5.04. The van der Waals surface area contributed by atoms with E-state index >= 15 is 0 Å². The number of nitrogens with one attached hydrogen (secondary N) is 2. The van der Waals surface area contributed by atoms with Crippen LogP contribution in [0.15, 0.2) is 0 Å². The van der Waals surface area contributed by atoms with Crippen LogP contribution in [0, 0.1) is 5.41 Å². The smallest absolute Gasteiger partial charge is 0.422 e. The van der Waals surface area contributed by atoms with E-state index < -0.39 is 11.7 Å². The van der Waals surface area contributed by atoms with E-state index in [-0.39, 0.29) is 12.0 Å². The molecular weight excluding hydrogens is 208 g/mol. The van der Waals surface area contributed by atoms with Crippen LogP contribution < -0.4 is 10.9 Å². The third kappa shape index (κ3) is 6.63. The maximum Gasteiger partial charge on any atom is 0.422 e. The molecule has 1 atom stereocenters. The molecule has 0 heterocycles. The minimum absolute atomic E-state index is 0.0759. The SMILES string of the molecule is CCC(C)(CO)CNNC(=O)OC(C)(C)C. The first-order valence-corrected chi connectivity index (χ1v) is 5.55. The van der Waals surface area contributed by atoms with Gasteiger partial charge in [-0.25, -0.2) is 10.2 Å². The highest BCUT2D eigenvalue weighted by Gasteiger charge is 2.21. The van der Waals surface area contributed by atoms with Gasteiger partial charge in [-0.05, 0) is 27.2 Å². The Kier molecular flexibility index (Phi) is 5.75. The number of hydrazine groups is 1. The van der Waals surface area contributed by atoms with Crippen LogP contribution >= 0.6 is 0 Å². The molecule has 0 rings (SSSR count). The number of rotatable bonds is 5. The molecule has 0 aliphatic carbocycles. The summed E-state index contributed by atoms with van der Waals surface area (Å²) in [6, 6.07) is 0. The summed E-state index contributed by atoms with van der Waals surface area (Å²) in [5, 5.41) is 9.15. The van der Waals surface area contributed by atoms with Crippen LogP contribution in [-0.4, -0.2) is 30.0 Å². The van der Waals surface area contributed by atoms with Crippen molar-refractivity contribution in [3.8, 4) is 0 Å². The van der Waals surface area contributed by atoms with E-state index in [2.05, 4.69) is 10.9 Å². The highest BCUT2D eigenvalue weighted by Crippen LogP contribution is 2.17. The van der Waals surface area contributed by atoms with Gasteiger partial charge in [-0.1, -0.05) is 13.8 Å². The van der Waals surface area contributed by atoms with Crippen molar-refractivity contribution in [1.29, 1.82) is 0 Å². The summed E-state index contributed by atoms with van der Waals surface area (Å²) in [6.07, 6.45) is 0.316. The van der Waals surface area contributed by atoms with Crippen molar-refractivity contribution < 1.29 is 14.6 Å². The second kappa shape index (κ2) is 6.06. The molecule has 0 saturated heterocycles. The fourth-order valence-corrected chi connectivity index (χ4v) is 0.926. The summed E-state index contributed by atoms with van der Waals surface area (Å²) in [6.45, 7) is 9.91. The van der Waals surface area contributed by atoms with E-state index in [0.717, 1.165) is 6.42 Å². The number of carbonyl (C=O) groups is 1. The minimum Gasteiger partial charge on any atom is -0.443 e. The molecule has 16 heavy (non-hydrogen) atoms. The lowest BCUT2D eigenvalue weighted by Gasteiger charge is -2.26. The standard InChI is InChI=1S/C11H24N2O3/c1-6-11(5,8-14)7-12-13-9(15)16-10(2,3)4/h12,14H,6-8H2,1-5H3,(H,13,15). The third-order valence-electron chi connectivity index (χ3n) is 2.34. The quantitative estimate of drug-likeness (QED) is 0.627. The topological polar surface area (TPSA) is 70.6 Å². The molecule has 0 aliphatic heterocycles. The van der Waals surface area contributed by atoms with Gasteiger partial charge >= 0.3 is 6.09 Å². The lowest BCUT2D eigenvalue weighted by atomic mass is 9.89. The molecule has 0 bridgehead atoms. The first-order chi connectivity index (χ1) is 7.22. The molecule has 0 radical (unpaired) electrons. The zero-order valence-electron chi connectivity index (χ0n) is 10.9. The molecule has 0 fully saturated rings. The van der Waals surface area contributed by atoms with E-state index in [4.69, 9.17) is 9.84 Å². The van der Waals surface area contributed by atoms with E-state index in [1.807, 2.05) is 13.8 Å². The zero-order valence-corrected chi connectivity index (χ0v) is 10.9. The average molecular weight is 232 g/mol. The van der Waals surface area contributed by atoms with E-state index in [9.17, 15) is 4.79 Å². The second-order valence-electron chi connectivity index (χ2n) is 5.30. The van der Waals surface area contributed by atoms with Crippen molar-refractivity contribution in [2.24, 2.45) is 5.41 Å². The minimum atomic E-state index is -0.510. The van der Waals surface area contributed by atoms with Gasteiger partial charge in [0.1, 0.15) is 5.60 Å². The number of hydrogen-bond acceptors (Lipinski definition) is 4. The Morgan fingerprint density at radius 1 is 1.31 bits per heavy atom. The summed E-state index contributed by atoms with van der Waals surface area (Å²) >= 11 is 0. The molecule has 0 saturated carbocycles. The maximum atomic E-state index is 11.3. The van der Waals surface area contributed by atoms with Gasteiger partial charge in [0.15, 0.2) is 0 Å². The summed E-state index contributed by atoms with van der Waals surface area (Å²) in [4.78, 5) is 11.3. The highest BCUT2D eigenvalue weighted by atomic mass is 16.6. The van der Waals surface area contributed by atoms with Crippen LogP contribution in [0.25, 0.3) is 0 Å². The third-order valence-corrected chi connectivity index (χ3v) is 2.34. The van der Waals surface area contributed by atoms with Crippen molar-refractivity contribution in [3.63, 3.8) is 0 Å². The zero-order chi connectivity index (χ0) is 12.8. The number of carbonyl (C=O) groups excluding carboxylic acids is 1. The van der Waals surface area contributed by atoms with Gasteiger partial charge in [0.25, 0.3) is 0 Å². The average Bonchev–Trinajstić information content (AvgIpc) is 2.14. The number of aliphatic hydroxyl groups excluding tert-OH is 1. The molecular formula is C11H24N2O3. The van der Waals surface area contributed by atoms with Crippen LogP contribution in [0.5, 0.6) is 0 Å². The van der Waals surface area contributed by atoms with Gasteiger partial charge in [-0.2, -0.15) is 0 Å². The maximum absolute atomic E-state index is 11.3. The van der Waals surface area contributed by atoms with Crippen molar-refractivity contribution in [3.05, 3.63) is 0 Å². The van der Waals surface area contributed by atoms with Crippen LogP contribution in [0.3, 0.4) is 0 Å². The Morgan fingerprint density at radius 2 is 1.88 bits per heavy atom. The van der Waals surface area contributed by atoms with Crippen molar-refractivity contribution in [2.75, 3.05) is 13.2 Å². The largest absolute Gasteiger partial charge is 0.443 e. The normalized spacial score (nSPS) is 15.4. The van der Waals surface area contributed by atoms with Gasteiger partial charge in [0.05, 0.1) is 0 Å². The van der Waals surface area contributed by atoms with E-state index in [1.54, 1.807) is 20.8 Å². The molecule has 1 unspecified atom stereocenters. The Bertz CT molecular complexity index is 220. The Hall–Kier alpha value is -0.810. The Balaban J connectivity index is 3.86. The van der Waals surface area contributed by atoms with Crippen molar-refractivity contribution >= 4 is 6.09 Å². The van der Waals surface area contributed by atoms with Crippen molar-refractivity contribution in [2.45, 2.75) is 46.6 Å². The molecule has 1 amide bonds. The number of aliphatic hydroxyl groups is 1. The molecule has 96 valence electrons. The number of amides is 1. The monoisotopic (exact) mass is 232 g/mol. The van der Waals surface area contributed by atoms with Crippen LogP contribution in [0.1, 0.15) is 41.0 Å². The number of hydrogen-bond donors (Lipinski definition) is 3. The molecule has 0 spiro atoms. The fraction of sp³-hybridized carbons (Fsp3) is 0.909. The molecule has 0 aromatic rings. The lowest BCUT2D eigenvalue weighted by Crippen LogP contribution is -2.46. The van der Waals surface area contributed by atoms with Gasteiger partial charge in [0.2, 0.25) is 0 Å². The predicted molar refractivity (Wildman–Crippen MR) is 62.9 cm³/mol. The summed E-state index contributed by atoms with van der Waals surface area (Å²) in [7, 11) is 0. The van der Waals surface area contributed by atoms with Gasteiger partial charge in [-0.3, -0.25) is 5.43 Å². The molecule has 5 nitrogen and oxygen atoms in total. The summed E-state index contributed by atoms with van der Waals surface area (Å²) in [5.74, 6) is 0. The fourth-order valence-electron chi connectivity index (χ4n) is 0.926. The first-order valence-electron chi connectivity index (χ1n) is 5.55. The second-order valence-corrected chi connectivity index (χ2v) is 5.30. The number of ether oxygens (including phenoxy) is 1. The molecule has 0 aromatic heterocycles. The van der Waals surface area contributed by atoms with Gasteiger partial charge < -0.3 is 9.84 Å². The first kappa shape index (κ1) is 15.2. The summed E-state index contributed by atoms with van der Waals surface area (Å²) in [5.41, 5.74) is 4.48. The van der Waals surface area contributed by atoms with Crippen LogP contribution in [-0.2, 0) is 4.74 Å². The molecule has 3 N–H and O–H groups in total. The Labute approximate surface area is 97.5 Å². The molecule has 5 heteroatoms. The van der Waals surface area contributed by atoms with Gasteiger partial charge in [0, 0.05) is 18.6 Å². The van der Waals surface area contributed by atoms with Gasteiger partial charge in [-0.15, -0.1) is 0 Å². The van der Waals surface area contributed by atoms with Crippen LogP contribution in [0.4, 0.5) is 4.79 Å².